The van der Waals surface area contributed by atoms with Crippen LogP contribution >= 0.6 is 0 Å². The number of nitro benzene ring substituents is 1. The molecule has 1 aromatic carbocycles. The second kappa shape index (κ2) is 6.82. The van der Waals surface area contributed by atoms with Crippen LogP contribution in [0, 0.1) is 15.9 Å². The highest BCUT2D eigenvalue weighted by Gasteiger charge is 2.26. The van der Waals surface area contributed by atoms with E-state index in [0.717, 1.165) is 32.2 Å². The van der Waals surface area contributed by atoms with Gasteiger partial charge in [0.2, 0.25) is 5.82 Å². The van der Waals surface area contributed by atoms with Crippen molar-refractivity contribution in [2.45, 2.75) is 0 Å². The van der Waals surface area contributed by atoms with Crippen molar-refractivity contribution in [2.24, 2.45) is 0 Å². The van der Waals surface area contributed by atoms with Crippen LogP contribution in [0.5, 0.6) is 0 Å². The Morgan fingerprint density at radius 2 is 1.95 bits per heavy atom. The quantitative estimate of drug-likeness (QED) is 0.607. The van der Waals surface area contributed by atoms with Crippen LogP contribution in [0.15, 0.2) is 18.2 Å². The SMILES string of the molecule is CN(C)CCN1CCN(c2cccc(F)c2[N+](=O)[O-])CC1. The van der Waals surface area contributed by atoms with Crippen molar-refractivity contribution in [1.82, 2.24) is 9.80 Å². The van der Waals surface area contributed by atoms with E-state index in [1.165, 1.54) is 6.07 Å². The molecule has 1 aromatic rings. The minimum Gasteiger partial charge on any atom is -0.363 e. The smallest absolute Gasteiger partial charge is 0.327 e. The molecule has 1 heterocycles. The zero-order valence-corrected chi connectivity index (χ0v) is 12.5. The largest absolute Gasteiger partial charge is 0.363 e. The topological polar surface area (TPSA) is 52.9 Å². The summed E-state index contributed by atoms with van der Waals surface area (Å²) in [5.74, 6) is -0.771. The van der Waals surface area contributed by atoms with Gasteiger partial charge < -0.3 is 9.80 Å². The summed E-state index contributed by atoms with van der Waals surface area (Å²) in [5, 5.41) is 11.0. The van der Waals surface area contributed by atoms with Crippen LogP contribution in [0.1, 0.15) is 0 Å². The van der Waals surface area contributed by atoms with Gasteiger partial charge in [-0.05, 0) is 26.2 Å². The Hall–Kier alpha value is -1.73. The molecule has 0 radical (unpaired) electrons. The molecule has 0 aliphatic carbocycles. The lowest BCUT2D eigenvalue weighted by Gasteiger charge is -2.36. The molecular weight excluding hydrogens is 275 g/mol. The predicted molar refractivity (Wildman–Crippen MR) is 80.3 cm³/mol. The third kappa shape index (κ3) is 3.89. The number of anilines is 1. The van der Waals surface area contributed by atoms with E-state index in [1.807, 2.05) is 19.0 Å². The highest BCUT2D eigenvalue weighted by molar-refractivity contribution is 5.64. The first-order valence-corrected chi connectivity index (χ1v) is 7.04. The molecule has 0 aromatic heterocycles. The minimum atomic E-state index is -0.771. The zero-order valence-electron chi connectivity index (χ0n) is 12.5. The zero-order chi connectivity index (χ0) is 15.4. The molecule has 1 fully saturated rings. The molecule has 1 saturated heterocycles. The van der Waals surface area contributed by atoms with Gasteiger partial charge >= 0.3 is 5.69 Å². The first-order chi connectivity index (χ1) is 9.99. The molecule has 0 spiro atoms. The molecule has 1 aliphatic heterocycles. The number of hydrogen-bond donors (Lipinski definition) is 0. The van der Waals surface area contributed by atoms with Crippen molar-refractivity contribution < 1.29 is 9.31 Å². The van der Waals surface area contributed by atoms with Gasteiger partial charge in [-0.1, -0.05) is 6.07 Å². The molecule has 0 amide bonds. The Morgan fingerprint density at radius 1 is 1.29 bits per heavy atom. The first kappa shape index (κ1) is 15.7. The lowest BCUT2D eigenvalue weighted by atomic mass is 10.2. The Bertz CT molecular complexity index is 502. The Balaban J connectivity index is 2.03. The lowest BCUT2D eigenvalue weighted by molar-refractivity contribution is -0.386. The summed E-state index contributed by atoms with van der Waals surface area (Å²) in [6.07, 6.45) is 0. The maximum atomic E-state index is 13.7. The molecular formula is C14H21FN4O2. The van der Waals surface area contributed by atoms with Gasteiger partial charge in [0.15, 0.2) is 0 Å². The molecule has 0 N–H and O–H groups in total. The highest BCUT2D eigenvalue weighted by atomic mass is 19.1. The molecule has 0 saturated carbocycles. The summed E-state index contributed by atoms with van der Waals surface area (Å²) in [5.41, 5.74) is -0.0356. The fourth-order valence-corrected chi connectivity index (χ4v) is 2.49. The number of halogens is 1. The minimum absolute atomic E-state index is 0.382. The Morgan fingerprint density at radius 3 is 2.52 bits per heavy atom. The molecule has 7 heteroatoms. The van der Waals surface area contributed by atoms with Crippen molar-refractivity contribution in [3.8, 4) is 0 Å². The van der Waals surface area contributed by atoms with E-state index >= 15 is 0 Å². The van der Waals surface area contributed by atoms with Gasteiger partial charge in [0, 0.05) is 39.3 Å². The second-order valence-corrected chi connectivity index (χ2v) is 5.50. The monoisotopic (exact) mass is 296 g/mol. The van der Waals surface area contributed by atoms with Gasteiger partial charge in [-0.15, -0.1) is 0 Å². The first-order valence-electron chi connectivity index (χ1n) is 7.04. The predicted octanol–water partition coefficient (Wildman–Crippen LogP) is 1.42. The molecule has 21 heavy (non-hydrogen) atoms. The van der Waals surface area contributed by atoms with E-state index in [4.69, 9.17) is 0 Å². The van der Waals surface area contributed by atoms with Crippen LogP contribution in [0.25, 0.3) is 0 Å². The number of piperazine rings is 1. The number of rotatable bonds is 5. The summed E-state index contributed by atoms with van der Waals surface area (Å²) in [6, 6.07) is 4.28. The Labute approximate surface area is 123 Å². The van der Waals surface area contributed by atoms with Crippen LogP contribution in [-0.2, 0) is 0 Å². The maximum absolute atomic E-state index is 13.7. The normalized spacial score (nSPS) is 16.5. The van der Waals surface area contributed by atoms with E-state index in [0.29, 0.717) is 18.8 Å². The van der Waals surface area contributed by atoms with E-state index in [2.05, 4.69) is 9.80 Å². The summed E-state index contributed by atoms with van der Waals surface area (Å²) < 4.78 is 13.7. The van der Waals surface area contributed by atoms with E-state index in [9.17, 15) is 14.5 Å². The fraction of sp³-hybridized carbons (Fsp3) is 0.571. The average molecular weight is 296 g/mol. The summed E-state index contributed by atoms with van der Waals surface area (Å²) in [7, 11) is 4.07. The van der Waals surface area contributed by atoms with Crippen molar-refractivity contribution in [3.63, 3.8) is 0 Å². The van der Waals surface area contributed by atoms with Gasteiger partial charge in [0.05, 0.1) is 4.92 Å². The number of nitro groups is 1. The molecule has 6 nitrogen and oxygen atoms in total. The highest BCUT2D eigenvalue weighted by Crippen LogP contribution is 2.31. The number of nitrogens with zero attached hydrogens (tertiary/aromatic N) is 4. The van der Waals surface area contributed by atoms with Crippen molar-refractivity contribution in [2.75, 3.05) is 58.3 Å². The van der Waals surface area contributed by atoms with Crippen LogP contribution in [0.2, 0.25) is 0 Å². The van der Waals surface area contributed by atoms with E-state index in [1.54, 1.807) is 6.07 Å². The van der Waals surface area contributed by atoms with Crippen LogP contribution in [0.3, 0.4) is 0 Å². The van der Waals surface area contributed by atoms with Gasteiger partial charge in [0.25, 0.3) is 0 Å². The van der Waals surface area contributed by atoms with Crippen LogP contribution in [0.4, 0.5) is 15.8 Å². The lowest BCUT2D eigenvalue weighted by Crippen LogP contribution is -2.48. The second-order valence-electron chi connectivity index (χ2n) is 5.50. The summed E-state index contributed by atoms with van der Waals surface area (Å²) in [4.78, 5) is 16.8. The summed E-state index contributed by atoms with van der Waals surface area (Å²) in [6.45, 7) is 4.99. The van der Waals surface area contributed by atoms with Crippen molar-refractivity contribution in [3.05, 3.63) is 34.1 Å². The van der Waals surface area contributed by atoms with Crippen LogP contribution in [-0.4, -0.2) is 68.1 Å². The number of para-hydroxylation sites is 1. The molecule has 0 bridgehead atoms. The van der Waals surface area contributed by atoms with Crippen molar-refractivity contribution >= 4 is 11.4 Å². The third-order valence-electron chi connectivity index (χ3n) is 3.72. The number of hydrogen-bond acceptors (Lipinski definition) is 5. The van der Waals surface area contributed by atoms with Gasteiger partial charge in [-0.3, -0.25) is 15.0 Å². The third-order valence-corrected chi connectivity index (χ3v) is 3.72. The van der Waals surface area contributed by atoms with E-state index in [-0.39, 0.29) is 0 Å². The van der Waals surface area contributed by atoms with Crippen molar-refractivity contribution in [1.29, 1.82) is 0 Å². The maximum Gasteiger partial charge on any atom is 0.327 e. The summed E-state index contributed by atoms with van der Waals surface area (Å²) >= 11 is 0. The molecule has 2 rings (SSSR count). The average Bonchev–Trinajstić information content (AvgIpc) is 2.45. The number of benzene rings is 1. The molecule has 0 unspecified atom stereocenters. The Kier molecular flexibility index (Phi) is 5.08. The van der Waals surface area contributed by atoms with Gasteiger partial charge in [-0.2, -0.15) is 4.39 Å². The standard InChI is InChI=1S/C14H21FN4O2/c1-16(2)6-7-17-8-10-18(11-9-17)13-5-3-4-12(15)14(13)19(20)21/h3-5H,6-11H2,1-2H3. The van der Waals surface area contributed by atoms with Gasteiger partial charge in [-0.25, -0.2) is 0 Å². The van der Waals surface area contributed by atoms with Crippen LogP contribution < -0.4 is 4.90 Å². The van der Waals surface area contributed by atoms with E-state index < -0.39 is 16.4 Å². The van der Waals surface area contributed by atoms with Gasteiger partial charge in [0.1, 0.15) is 5.69 Å². The molecule has 0 atom stereocenters. The fourth-order valence-electron chi connectivity index (χ4n) is 2.49. The number of likely N-dealkylation sites (N-methyl/N-ethyl adjacent to an activating group) is 1. The molecule has 116 valence electrons. The molecule has 1 aliphatic rings.